The first-order chi connectivity index (χ1) is 8.69. The van der Waals surface area contributed by atoms with E-state index in [2.05, 4.69) is 0 Å². The molecule has 0 atom stereocenters. The average molecular weight is 265 g/mol. The van der Waals surface area contributed by atoms with Crippen molar-refractivity contribution in [3.8, 4) is 5.75 Å². The van der Waals surface area contributed by atoms with E-state index in [0.29, 0.717) is 0 Å². The number of aryl methyl sites for hydroxylation is 2. The lowest BCUT2D eigenvalue weighted by molar-refractivity contribution is -0.138. The summed E-state index contributed by atoms with van der Waals surface area (Å²) < 4.78 is 5.41. The molecule has 0 saturated heterocycles. The number of benzene rings is 1. The monoisotopic (exact) mass is 265 g/mol. The first-order valence-corrected chi connectivity index (χ1v) is 6.30. The van der Waals surface area contributed by atoms with Crippen LogP contribution in [-0.4, -0.2) is 30.8 Å². The van der Waals surface area contributed by atoms with Crippen LogP contribution in [-0.2, 0) is 4.79 Å². The van der Waals surface area contributed by atoms with Crippen molar-refractivity contribution in [1.82, 2.24) is 0 Å². The summed E-state index contributed by atoms with van der Waals surface area (Å²) in [6, 6.07) is 4.02. The maximum absolute atomic E-state index is 11.0. The van der Waals surface area contributed by atoms with Crippen molar-refractivity contribution in [3.63, 3.8) is 0 Å². The van der Waals surface area contributed by atoms with Crippen LogP contribution >= 0.6 is 0 Å². The van der Waals surface area contributed by atoms with Crippen LogP contribution in [0.25, 0.3) is 0 Å². The molecular weight excluding hydrogens is 242 g/mol. The number of carboxylic acid groups (broad SMARTS) is 1. The molecule has 4 nitrogen and oxygen atoms in total. The minimum atomic E-state index is -0.806. The van der Waals surface area contributed by atoms with E-state index in [4.69, 9.17) is 9.84 Å². The van der Waals surface area contributed by atoms with Crippen LogP contribution in [0.2, 0.25) is 0 Å². The Bertz CT molecular complexity index is 481. The van der Waals surface area contributed by atoms with Gasteiger partial charge in [-0.2, -0.15) is 0 Å². The van der Waals surface area contributed by atoms with E-state index in [1.807, 2.05) is 51.8 Å². The molecule has 4 heteroatoms. The van der Waals surface area contributed by atoms with E-state index in [-0.39, 0.29) is 6.42 Å². The molecule has 0 bridgehead atoms. The summed E-state index contributed by atoms with van der Waals surface area (Å²) in [6.07, 6.45) is 0.0690. The fourth-order valence-corrected chi connectivity index (χ4v) is 2.01. The maximum atomic E-state index is 11.0. The SMILES string of the molecule is COc1cc(C)c(C)cc1N(C)C(C)(C)CC(=O)O. The zero-order valence-corrected chi connectivity index (χ0v) is 12.6. The highest BCUT2D eigenvalue weighted by molar-refractivity contribution is 5.71. The van der Waals surface area contributed by atoms with Gasteiger partial charge in [0, 0.05) is 12.6 Å². The summed E-state index contributed by atoms with van der Waals surface area (Å²) in [6.45, 7) is 7.89. The maximum Gasteiger partial charge on any atom is 0.305 e. The molecule has 106 valence electrons. The molecule has 1 aromatic carbocycles. The molecule has 0 amide bonds. The standard InChI is InChI=1S/C15H23NO3/c1-10-7-12(13(19-6)8-11(10)2)16(5)15(3,4)9-14(17)18/h7-8H,9H2,1-6H3,(H,17,18). The van der Waals surface area contributed by atoms with Crippen molar-refractivity contribution in [1.29, 1.82) is 0 Å². The van der Waals surface area contributed by atoms with Gasteiger partial charge in [0.05, 0.1) is 19.2 Å². The van der Waals surface area contributed by atoms with E-state index in [1.54, 1.807) is 7.11 Å². The largest absolute Gasteiger partial charge is 0.495 e. The predicted molar refractivity (Wildman–Crippen MR) is 77.2 cm³/mol. The second-order valence-corrected chi connectivity index (χ2v) is 5.55. The molecule has 19 heavy (non-hydrogen) atoms. The third-order valence-electron chi connectivity index (χ3n) is 3.65. The van der Waals surface area contributed by atoms with Gasteiger partial charge in [0.15, 0.2) is 0 Å². The predicted octanol–water partition coefficient (Wildman–Crippen LogP) is 3.00. The molecule has 0 spiro atoms. The molecule has 0 fully saturated rings. The highest BCUT2D eigenvalue weighted by Crippen LogP contribution is 2.35. The van der Waals surface area contributed by atoms with Crippen molar-refractivity contribution in [2.75, 3.05) is 19.1 Å². The number of nitrogens with zero attached hydrogens (tertiary/aromatic N) is 1. The lowest BCUT2D eigenvalue weighted by Gasteiger charge is -2.37. The van der Waals surface area contributed by atoms with Gasteiger partial charge in [0.1, 0.15) is 5.75 Å². The van der Waals surface area contributed by atoms with Crippen molar-refractivity contribution < 1.29 is 14.6 Å². The van der Waals surface area contributed by atoms with Gasteiger partial charge in [0.2, 0.25) is 0 Å². The van der Waals surface area contributed by atoms with Gasteiger partial charge in [-0.3, -0.25) is 4.79 Å². The fraction of sp³-hybridized carbons (Fsp3) is 0.533. The van der Waals surface area contributed by atoms with E-state index < -0.39 is 11.5 Å². The topological polar surface area (TPSA) is 49.8 Å². The second-order valence-electron chi connectivity index (χ2n) is 5.55. The Morgan fingerprint density at radius 1 is 1.32 bits per heavy atom. The zero-order valence-electron chi connectivity index (χ0n) is 12.6. The molecule has 0 saturated carbocycles. The Morgan fingerprint density at radius 3 is 2.32 bits per heavy atom. The summed E-state index contributed by atoms with van der Waals surface area (Å²) in [5, 5.41) is 9.01. The van der Waals surface area contributed by atoms with Crippen LogP contribution < -0.4 is 9.64 Å². The van der Waals surface area contributed by atoms with Crippen LogP contribution in [0.5, 0.6) is 5.75 Å². The van der Waals surface area contributed by atoms with Crippen LogP contribution in [0.15, 0.2) is 12.1 Å². The van der Waals surface area contributed by atoms with Crippen molar-refractivity contribution in [2.24, 2.45) is 0 Å². The summed E-state index contributed by atoms with van der Waals surface area (Å²) in [5.41, 5.74) is 2.75. The van der Waals surface area contributed by atoms with E-state index >= 15 is 0 Å². The Kier molecular flexibility index (Phi) is 4.45. The van der Waals surface area contributed by atoms with Crippen LogP contribution in [0, 0.1) is 13.8 Å². The number of hydrogen-bond acceptors (Lipinski definition) is 3. The molecule has 0 aromatic heterocycles. The number of methoxy groups -OCH3 is 1. The zero-order chi connectivity index (χ0) is 14.8. The molecule has 0 unspecified atom stereocenters. The van der Waals surface area contributed by atoms with E-state index in [0.717, 1.165) is 22.6 Å². The first-order valence-electron chi connectivity index (χ1n) is 6.30. The van der Waals surface area contributed by atoms with Gasteiger partial charge in [0.25, 0.3) is 0 Å². The summed E-state index contributed by atoms with van der Waals surface area (Å²) in [5.74, 6) is -0.0382. The van der Waals surface area contributed by atoms with Gasteiger partial charge in [-0.25, -0.2) is 0 Å². The lowest BCUT2D eigenvalue weighted by Crippen LogP contribution is -2.43. The average Bonchev–Trinajstić information content (AvgIpc) is 2.29. The normalized spacial score (nSPS) is 11.3. The van der Waals surface area contributed by atoms with Gasteiger partial charge >= 0.3 is 5.97 Å². The fourth-order valence-electron chi connectivity index (χ4n) is 2.01. The van der Waals surface area contributed by atoms with Gasteiger partial charge in [-0.05, 0) is 51.0 Å². The van der Waals surface area contributed by atoms with Gasteiger partial charge in [-0.1, -0.05) is 0 Å². The van der Waals surface area contributed by atoms with Crippen LogP contribution in [0.3, 0.4) is 0 Å². The number of anilines is 1. The number of hydrogen-bond donors (Lipinski definition) is 1. The Hall–Kier alpha value is -1.71. The van der Waals surface area contributed by atoms with Crippen LogP contribution in [0.1, 0.15) is 31.4 Å². The molecule has 0 aliphatic heterocycles. The van der Waals surface area contributed by atoms with E-state index in [1.165, 1.54) is 0 Å². The number of carboxylic acids is 1. The number of ether oxygens (including phenoxy) is 1. The number of rotatable bonds is 5. The van der Waals surface area contributed by atoms with Crippen molar-refractivity contribution >= 4 is 11.7 Å². The molecule has 0 aliphatic rings. The van der Waals surface area contributed by atoms with Gasteiger partial charge < -0.3 is 14.7 Å². The molecule has 0 aliphatic carbocycles. The molecule has 0 radical (unpaired) electrons. The Balaban J connectivity index is 3.21. The molecule has 1 rings (SSSR count). The summed E-state index contributed by atoms with van der Waals surface area (Å²) in [4.78, 5) is 12.9. The highest BCUT2D eigenvalue weighted by atomic mass is 16.5. The molecular formula is C15H23NO3. The van der Waals surface area contributed by atoms with Crippen molar-refractivity contribution in [3.05, 3.63) is 23.3 Å². The molecule has 1 aromatic rings. The smallest absolute Gasteiger partial charge is 0.305 e. The second kappa shape index (κ2) is 5.51. The lowest BCUT2D eigenvalue weighted by atomic mass is 9.97. The Labute approximate surface area is 115 Å². The summed E-state index contributed by atoms with van der Waals surface area (Å²) in [7, 11) is 3.53. The minimum absolute atomic E-state index is 0.0690. The number of aliphatic carboxylic acids is 1. The van der Waals surface area contributed by atoms with Gasteiger partial charge in [-0.15, -0.1) is 0 Å². The van der Waals surface area contributed by atoms with Crippen LogP contribution in [0.4, 0.5) is 5.69 Å². The van der Waals surface area contributed by atoms with Crippen molar-refractivity contribution in [2.45, 2.75) is 39.7 Å². The Morgan fingerprint density at radius 2 is 1.84 bits per heavy atom. The third-order valence-corrected chi connectivity index (χ3v) is 3.65. The first kappa shape index (κ1) is 15.3. The minimum Gasteiger partial charge on any atom is -0.495 e. The van der Waals surface area contributed by atoms with E-state index in [9.17, 15) is 4.79 Å². The molecule has 1 N–H and O–H groups in total. The molecule has 0 heterocycles. The summed E-state index contributed by atoms with van der Waals surface area (Å²) >= 11 is 0. The third kappa shape index (κ3) is 3.40. The highest BCUT2D eigenvalue weighted by Gasteiger charge is 2.28. The quantitative estimate of drug-likeness (QED) is 0.889. The number of carbonyl (C=O) groups is 1.